The summed E-state index contributed by atoms with van der Waals surface area (Å²) in [5, 5.41) is 2.82. The van der Waals surface area contributed by atoms with Crippen molar-refractivity contribution in [1.29, 1.82) is 0 Å². The Hall–Kier alpha value is -0.940. The Balaban J connectivity index is 2.34. The summed E-state index contributed by atoms with van der Waals surface area (Å²) in [5.74, 6) is -0.530. The average Bonchev–Trinajstić information content (AvgIpc) is 2.31. The summed E-state index contributed by atoms with van der Waals surface area (Å²) in [4.78, 5) is 13.9. The van der Waals surface area contributed by atoms with Crippen LogP contribution in [-0.2, 0) is 0 Å². The molecule has 3 nitrogen and oxygen atoms in total. The molecule has 100 valence electrons. The van der Waals surface area contributed by atoms with E-state index in [1.165, 1.54) is 18.2 Å². The van der Waals surface area contributed by atoms with Crippen LogP contribution in [0.1, 0.15) is 23.2 Å². The van der Waals surface area contributed by atoms with E-state index in [9.17, 15) is 9.18 Å². The quantitative estimate of drug-likeness (QED) is 0.818. The van der Waals surface area contributed by atoms with Gasteiger partial charge in [-0.25, -0.2) is 4.39 Å². The molecule has 0 radical (unpaired) electrons. The molecule has 0 heterocycles. The van der Waals surface area contributed by atoms with Crippen molar-refractivity contribution in [2.45, 2.75) is 12.8 Å². The average molecular weight is 317 g/mol. The summed E-state index contributed by atoms with van der Waals surface area (Å²) in [7, 11) is 4.04. The molecule has 1 aromatic carbocycles. The van der Waals surface area contributed by atoms with Crippen LogP contribution in [0.5, 0.6) is 0 Å². The first-order valence-corrected chi connectivity index (χ1v) is 6.68. The molecule has 0 aliphatic carbocycles. The molecular weight excluding hydrogens is 299 g/mol. The smallest absolute Gasteiger partial charge is 0.251 e. The van der Waals surface area contributed by atoms with Gasteiger partial charge in [-0.15, -0.1) is 0 Å². The molecule has 0 saturated heterocycles. The van der Waals surface area contributed by atoms with Crippen molar-refractivity contribution in [2.24, 2.45) is 0 Å². The van der Waals surface area contributed by atoms with Gasteiger partial charge >= 0.3 is 0 Å². The van der Waals surface area contributed by atoms with Crippen LogP contribution >= 0.6 is 15.9 Å². The van der Waals surface area contributed by atoms with Crippen molar-refractivity contribution >= 4 is 21.8 Å². The highest BCUT2D eigenvalue weighted by atomic mass is 79.9. The predicted octanol–water partition coefficient (Wildman–Crippen LogP) is 2.66. The van der Waals surface area contributed by atoms with E-state index in [1.807, 2.05) is 14.1 Å². The topological polar surface area (TPSA) is 32.3 Å². The Morgan fingerprint density at radius 2 is 2.11 bits per heavy atom. The monoisotopic (exact) mass is 316 g/mol. The molecule has 0 aromatic heterocycles. The summed E-state index contributed by atoms with van der Waals surface area (Å²) in [6.07, 6.45) is 1.98. The summed E-state index contributed by atoms with van der Waals surface area (Å²) >= 11 is 3.06. The standard InChI is InChI=1S/C13H18BrFN2O/c1-17(2)8-4-3-7-16-13(18)10-5-6-12(15)11(14)9-10/h5-6,9H,3-4,7-8H2,1-2H3,(H,16,18). The Morgan fingerprint density at radius 1 is 1.39 bits per heavy atom. The number of carbonyl (C=O) groups is 1. The molecule has 0 spiro atoms. The molecule has 0 fully saturated rings. The van der Waals surface area contributed by atoms with E-state index in [2.05, 4.69) is 26.1 Å². The van der Waals surface area contributed by atoms with Crippen molar-refractivity contribution < 1.29 is 9.18 Å². The summed E-state index contributed by atoms with van der Waals surface area (Å²) in [6, 6.07) is 4.25. The van der Waals surface area contributed by atoms with E-state index >= 15 is 0 Å². The third-order valence-electron chi connectivity index (χ3n) is 2.50. The van der Waals surface area contributed by atoms with E-state index < -0.39 is 0 Å². The first-order chi connectivity index (χ1) is 8.50. The summed E-state index contributed by atoms with van der Waals surface area (Å²) in [5.41, 5.74) is 0.468. The van der Waals surface area contributed by atoms with Crippen LogP contribution < -0.4 is 5.32 Å². The zero-order valence-corrected chi connectivity index (χ0v) is 12.3. The van der Waals surface area contributed by atoms with Crippen molar-refractivity contribution in [1.82, 2.24) is 10.2 Å². The summed E-state index contributed by atoms with van der Waals surface area (Å²) in [6.45, 7) is 1.65. The largest absolute Gasteiger partial charge is 0.352 e. The van der Waals surface area contributed by atoms with Gasteiger partial charge in [0.1, 0.15) is 5.82 Å². The predicted molar refractivity (Wildman–Crippen MR) is 74.2 cm³/mol. The number of nitrogens with one attached hydrogen (secondary N) is 1. The molecule has 1 N–H and O–H groups in total. The minimum Gasteiger partial charge on any atom is -0.352 e. The fraction of sp³-hybridized carbons (Fsp3) is 0.462. The van der Waals surface area contributed by atoms with Crippen molar-refractivity contribution in [2.75, 3.05) is 27.2 Å². The van der Waals surface area contributed by atoms with E-state index in [0.29, 0.717) is 16.6 Å². The molecule has 0 saturated carbocycles. The van der Waals surface area contributed by atoms with E-state index in [4.69, 9.17) is 0 Å². The fourth-order valence-corrected chi connectivity index (χ4v) is 1.87. The lowest BCUT2D eigenvalue weighted by Crippen LogP contribution is -2.25. The second-order valence-corrected chi connectivity index (χ2v) is 5.25. The molecule has 1 rings (SSSR count). The lowest BCUT2D eigenvalue weighted by molar-refractivity contribution is 0.0952. The molecule has 1 amide bonds. The normalized spacial score (nSPS) is 10.7. The zero-order chi connectivity index (χ0) is 13.5. The van der Waals surface area contributed by atoms with Crippen LogP contribution in [0.4, 0.5) is 4.39 Å². The third-order valence-corrected chi connectivity index (χ3v) is 3.11. The first-order valence-electron chi connectivity index (χ1n) is 5.88. The maximum Gasteiger partial charge on any atom is 0.251 e. The van der Waals surface area contributed by atoms with Crippen molar-refractivity contribution in [3.8, 4) is 0 Å². The van der Waals surface area contributed by atoms with Crippen LogP contribution in [0.3, 0.4) is 0 Å². The van der Waals surface area contributed by atoms with Crippen LogP contribution in [0.15, 0.2) is 22.7 Å². The van der Waals surface area contributed by atoms with Crippen molar-refractivity contribution in [3.05, 3.63) is 34.1 Å². The molecule has 1 aromatic rings. The van der Waals surface area contributed by atoms with Gasteiger partial charge in [0.05, 0.1) is 4.47 Å². The lowest BCUT2D eigenvalue weighted by atomic mass is 10.2. The molecule has 0 aliphatic heterocycles. The molecule has 0 atom stereocenters. The van der Waals surface area contributed by atoms with Crippen LogP contribution in [0, 0.1) is 5.82 Å². The second kappa shape index (κ2) is 7.48. The lowest BCUT2D eigenvalue weighted by Gasteiger charge is -2.09. The number of halogens is 2. The number of carbonyl (C=O) groups excluding carboxylic acids is 1. The van der Waals surface area contributed by atoms with Gasteiger partial charge in [0, 0.05) is 12.1 Å². The van der Waals surface area contributed by atoms with Gasteiger partial charge in [0.25, 0.3) is 5.91 Å². The van der Waals surface area contributed by atoms with Gasteiger partial charge in [-0.1, -0.05) is 0 Å². The zero-order valence-electron chi connectivity index (χ0n) is 10.7. The molecule has 18 heavy (non-hydrogen) atoms. The van der Waals surface area contributed by atoms with Gasteiger partial charge < -0.3 is 10.2 Å². The Labute approximate surface area is 115 Å². The molecule has 0 bridgehead atoms. The summed E-state index contributed by atoms with van der Waals surface area (Å²) < 4.78 is 13.3. The molecule has 0 aliphatic rings. The van der Waals surface area contributed by atoms with E-state index in [0.717, 1.165) is 19.4 Å². The number of nitrogens with zero attached hydrogens (tertiary/aromatic N) is 1. The molecule has 5 heteroatoms. The van der Waals surface area contributed by atoms with Gasteiger partial charge in [-0.2, -0.15) is 0 Å². The number of hydrogen-bond acceptors (Lipinski definition) is 2. The minimum absolute atomic E-state index is 0.166. The number of benzene rings is 1. The Bertz CT molecular complexity index is 410. The maximum absolute atomic E-state index is 13.0. The van der Waals surface area contributed by atoms with E-state index in [1.54, 1.807) is 0 Å². The highest BCUT2D eigenvalue weighted by molar-refractivity contribution is 9.10. The second-order valence-electron chi connectivity index (χ2n) is 4.40. The van der Waals surface area contributed by atoms with Gasteiger partial charge in [0.2, 0.25) is 0 Å². The van der Waals surface area contributed by atoms with Crippen LogP contribution in [0.2, 0.25) is 0 Å². The highest BCUT2D eigenvalue weighted by Crippen LogP contribution is 2.16. The highest BCUT2D eigenvalue weighted by Gasteiger charge is 2.07. The molecular formula is C13H18BrFN2O. The molecule has 0 unspecified atom stereocenters. The SMILES string of the molecule is CN(C)CCCCNC(=O)c1ccc(F)c(Br)c1. The fourth-order valence-electron chi connectivity index (χ4n) is 1.49. The number of amides is 1. The third kappa shape index (κ3) is 5.14. The minimum atomic E-state index is -0.363. The van der Waals surface area contributed by atoms with Gasteiger partial charge in [-0.05, 0) is 67.6 Å². The number of hydrogen-bond donors (Lipinski definition) is 1. The Kier molecular flexibility index (Phi) is 6.29. The van der Waals surface area contributed by atoms with Gasteiger partial charge in [-0.3, -0.25) is 4.79 Å². The van der Waals surface area contributed by atoms with Gasteiger partial charge in [0.15, 0.2) is 0 Å². The van der Waals surface area contributed by atoms with Crippen LogP contribution in [-0.4, -0.2) is 38.0 Å². The maximum atomic E-state index is 13.0. The van der Waals surface area contributed by atoms with Crippen LogP contribution in [0.25, 0.3) is 0 Å². The number of unbranched alkanes of at least 4 members (excludes halogenated alkanes) is 1. The van der Waals surface area contributed by atoms with Crippen molar-refractivity contribution in [3.63, 3.8) is 0 Å². The first kappa shape index (κ1) is 15.1. The number of rotatable bonds is 6. The Morgan fingerprint density at radius 3 is 2.72 bits per heavy atom. The van der Waals surface area contributed by atoms with E-state index in [-0.39, 0.29) is 11.7 Å².